The number of hydrogen-bond donors (Lipinski definition) is 1. The van der Waals surface area contributed by atoms with E-state index in [9.17, 15) is 4.21 Å². The summed E-state index contributed by atoms with van der Waals surface area (Å²) >= 11 is 0. The Balaban J connectivity index is 2.60. The summed E-state index contributed by atoms with van der Waals surface area (Å²) < 4.78 is 16.6. The summed E-state index contributed by atoms with van der Waals surface area (Å²) in [6, 6.07) is 8.23. The molecule has 17 heavy (non-hydrogen) atoms. The predicted octanol–water partition coefficient (Wildman–Crippen LogP) is 2.11. The molecule has 0 amide bonds. The molecule has 1 aromatic rings. The van der Waals surface area contributed by atoms with E-state index < -0.39 is 10.8 Å². The Morgan fingerprint density at radius 1 is 1.41 bits per heavy atom. The molecule has 0 radical (unpaired) electrons. The van der Waals surface area contributed by atoms with Gasteiger partial charge in [-0.3, -0.25) is 4.21 Å². The second kappa shape index (κ2) is 7.45. The lowest BCUT2D eigenvalue weighted by atomic mass is 10.1. The van der Waals surface area contributed by atoms with E-state index in [-0.39, 0.29) is 6.04 Å². The third-order valence-corrected chi connectivity index (χ3v) is 3.30. The molecule has 2 unspecified atom stereocenters. The van der Waals surface area contributed by atoms with E-state index in [1.54, 1.807) is 6.26 Å². The summed E-state index contributed by atoms with van der Waals surface area (Å²) in [6.07, 6.45) is 1.72. The van der Waals surface area contributed by atoms with E-state index in [2.05, 4.69) is 18.3 Å². The lowest BCUT2D eigenvalue weighted by Crippen LogP contribution is -2.24. The fourth-order valence-electron chi connectivity index (χ4n) is 1.65. The monoisotopic (exact) mass is 255 g/mol. The van der Waals surface area contributed by atoms with Crippen LogP contribution in [-0.4, -0.2) is 29.4 Å². The molecule has 2 atom stereocenters. The van der Waals surface area contributed by atoms with Crippen molar-refractivity contribution in [3.63, 3.8) is 0 Å². The first-order valence-electron chi connectivity index (χ1n) is 5.90. The predicted molar refractivity (Wildman–Crippen MR) is 73.0 cm³/mol. The minimum absolute atomic E-state index is 0.210. The number of nitrogens with one attached hydrogen (secondary N) is 1. The molecule has 0 spiro atoms. The Hall–Kier alpha value is -0.870. The number of hydrogen-bond acceptors (Lipinski definition) is 3. The molecule has 0 aromatic heterocycles. The van der Waals surface area contributed by atoms with Crippen LogP contribution in [0.15, 0.2) is 24.3 Å². The van der Waals surface area contributed by atoms with Crippen LogP contribution >= 0.6 is 0 Å². The lowest BCUT2D eigenvalue weighted by molar-refractivity contribution is 0.332. The van der Waals surface area contributed by atoms with Crippen molar-refractivity contribution in [3.8, 4) is 5.75 Å². The molecular weight excluding hydrogens is 234 g/mol. The van der Waals surface area contributed by atoms with Gasteiger partial charge >= 0.3 is 0 Å². The van der Waals surface area contributed by atoms with E-state index in [1.165, 1.54) is 0 Å². The highest BCUT2D eigenvalue weighted by Crippen LogP contribution is 2.24. The Kier molecular flexibility index (Phi) is 6.22. The summed E-state index contributed by atoms with van der Waals surface area (Å²) in [6.45, 7) is 5.50. The van der Waals surface area contributed by atoms with Crippen LogP contribution in [-0.2, 0) is 10.8 Å². The molecule has 0 saturated carbocycles. The molecule has 1 aromatic carbocycles. The van der Waals surface area contributed by atoms with Crippen molar-refractivity contribution < 1.29 is 8.95 Å². The zero-order chi connectivity index (χ0) is 12.7. The number of ether oxygens (including phenoxy) is 1. The minimum atomic E-state index is -0.741. The van der Waals surface area contributed by atoms with E-state index in [4.69, 9.17) is 4.74 Å². The third kappa shape index (κ3) is 4.88. The summed E-state index contributed by atoms with van der Waals surface area (Å²) in [4.78, 5) is 0. The quantitative estimate of drug-likeness (QED) is 0.811. The molecule has 0 aliphatic carbocycles. The van der Waals surface area contributed by atoms with Crippen molar-refractivity contribution in [2.24, 2.45) is 0 Å². The Morgan fingerprint density at radius 2 is 2.12 bits per heavy atom. The zero-order valence-electron chi connectivity index (χ0n) is 10.7. The normalized spacial score (nSPS) is 14.3. The molecule has 1 rings (SSSR count). The molecular formula is C13H21NO2S. The maximum Gasteiger partial charge on any atom is 0.124 e. The van der Waals surface area contributed by atoms with Crippen molar-refractivity contribution in [3.05, 3.63) is 29.8 Å². The van der Waals surface area contributed by atoms with E-state index >= 15 is 0 Å². The average Bonchev–Trinajstić information content (AvgIpc) is 2.29. The van der Waals surface area contributed by atoms with Crippen LogP contribution in [0.5, 0.6) is 5.75 Å². The van der Waals surface area contributed by atoms with Gasteiger partial charge in [-0.2, -0.15) is 0 Å². The van der Waals surface area contributed by atoms with E-state index in [1.807, 2.05) is 25.1 Å². The molecule has 0 aliphatic rings. The van der Waals surface area contributed by atoms with Gasteiger partial charge in [0, 0.05) is 41.0 Å². The van der Waals surface area contributed by atoms with Crippen molar-refractivity contribution in [1.29, 1.82) is 0 Å². The highest BCUT2D eigenvalue weighted by Gasteiger charge is 2.10. The SMILES string of the molecule is CCOc1ccccc1C(C)NCCS(C)=O. The largest absolute Gasteiger partial charge is 0.494 e. The molecule has 1 N–H and O–H groups in total. The summed E-state index contributed by atoms with van der Waals surface area (Å²) in [5.74, 6) is 1.61. The molecule has 0 saturated heterocycles. The fraction of sp³-hybridized carbons (Fsp3) is 0.538. The molecule has 96 valence electrons. The second-order valence-electron chi connectivity index (χ2n) is 3.92. The average molecular weight is 255 g/mol. The number of rotatable bonds is 7. The first-order chi connectivity index (χ1) is 8.15. The molecule has 0 bridgehead atoms. The van der Waals surface area contributed by atoms with Crippen LogP contribution in [0.1, 0.15) is 25.5 Å². The van der Waals surface area contributed by atoms with Gasteiger partial charge in [0.15, 0.2) is 0 Å². The van der Waals surface area contributed by atoms with Crippen LogP contribution < -0.4 is 10.1 Å². The van der Waals surface area contributed by atoms with Gasteiger partial charge < -0.3 is 10.1 Å². The van der Waals surface area contributed by atoms with E-state index in [0.29, 0.717) is 12.4 Å². The molecule has 0 heterocycles. The van der Waals surface area contributed by atoms with Crippen molar-refractivity contribution in [1.82, 2.24) is 5.32 Å². The van der Waals surface area contributed by atoms with Gasteiger partial charge in [-0.05, 0) is 19.9 Å². The number of para-hydroxylation sites is 1. The van der Waals surface area contributed by atoms with Crippen LogP contribution in [0.25, 0.3) is 0 Å². The maximum atomic E-state index is 11.0. The number of benzene rings is 1. The van der Waals surface area contributed by atoms with Crippen molar-refractivity contribution in [2.45, 2.75) is 19.9 Å². The van der Waals surface area contributed by atoms with Crippen LogP contribution in [0, 0.1) is 0 Å². The zero-order valence-corrected chi connectivity index (χ0v) is 11.5. The summed E-state index contributed by atoms with van der Waals surface area (Å²) in [5, 5.41) is 3.36. The molecule has 0 fully saturated rings. The summed E-state index contributed by atoms with van der Waals surface area (Å²) in [7, 11) is -0.741. The highest BCUT2D eigenvalue weighted by molar-refractivity contribution is 7.84. The van der Waals surface area contributed by atoms with Gasteiger partial charge in [-0.15, -0.1) is 0 Å². The van der Waals surface area contributed by atoms with Crippen LogP contribution in [0.4, 0.5) is 0 Å². The Bertz CT molecular complexity index is 368. The molecule has 3 nitrogen and oxygen atoms in total. The van der Waals surface area contributed by atoms with Crippen molar-refractivity contribution >= 4 is 10.8 Å². The summed E-state index contributed by atoms with van der Waals surface area (Å²) in [5.41, 5.74) is 1.15. The van der Waals surface area contributed by atoms with E-state index in [0.717, 1.165) is 17.9 Å². The smallest absolute Gasteiger partial charge is 0.124 e. The standard InChI is InChI=1S/C13H21NO2S/c1-4-16-13-8-6-5-7-12(13)11(2)14-9-10-17(3)15/h5-8,11,14H,4,9-10H2,1-3H3. The van der Waals surface area contributed by atoms with Crippen LogP contribution in [0.3, 0.4) is 0 Å². The third-order valence-electron chi connectivity index (χ3n) is 2.53. The lowest BCUT2D eigenvalue weighted by Gasteiger charge is -2.17. The van der Waals surface area contributed by atoms with Gasteiger partial charge in [0.05, 0.1) is 6.61 Å². The maximum absolute atomic E-state index is 11.0. The van der Waals surface area contributed by atoms with Crippen LogP contribution in [0.2, 0.25) is 0 Å². The first kappa shape index (κ1) is 14.2. The minimum Gasteiger partial charge on any atom is -0.494 e. The Labute approximate surface area is 106 Å². The van der Waals surface area contributed by atoms with Gasteiger partial charge in [-0.1, -0.05) is 18.2 Å². The first-order valence-corrected chi connectivity index (χ1v) is 7.63. The van der Waals surface area contributed by atoms with Crippen molar-refractivity contribution in [2.75, 3.05) is 25.2 Å². The topological polar surface area (TPSA) is 38.3 Å². The van der Waals surface area contributed by atoms with Gasteiger partial charge in [0.2, 0.25) is 0 Å². The highest BCUT2D eigenvalue weighted by atomic mass is 32.2. The second-order valence-corrected chi connectivity index (χ2v) is 5.48. The fourth-order valence-corrected chi connectivity index (χ4v) is 2.06. The molecule has 4 heteroatoms. The van der Waals surface area contributed by atoms with Gasteiger partial charge in [-0.25, -0.2) is 0 Å². The molecule has 0 aliphatic heterocycles. The van der Waals surface area contributed by atoms with Gasteiger partial charge in [0.1, 0.15) is 5.75 Å². The Morgan fingerprint density at radius 3 is 2.76 bits per heavy atom. The van der Waals surface area contributed by atoms with Gasteiger partial charge in [0.25, 0.3) is 0 Å².